The Morgan fingerprint density at radius 1 is 1.14 bits per heavy atom. The van der Waals surface area contributed by atoms with Crippen LogP contribution < -0.4 is 8.92 Å². The molecule has 18 heteroatoms. The summed E-state index contributed by atoms with van der Waals surface area (Å²) < 4.78 is 106. The van der Waals surface area contributed by atoms with Crippen molar-refractivity contribution < 1.29 is 39.6 Å². The van der Waals surface area contributed by atoms with Gasteiger partial charge in [-0.2, -0.15) is 41.8 Å². The van der Waals surface area contributed by atoms with Gasteiger partial charge < -0.3 is 18.2 Å². The zero-order valence-corrected chi connectivity index (χ0v) is 28.7. The van der Waals surface area contributed by atoms with Crippen LogP contribution in [0.3, 0.4) is 0 Å². The number of aryl methyl sites for hydroxylation is 3. The summed E-state index contributed by atoms with van der Waals surface area (Å²) in [6.45, 7) is 3.04. The summed E-state index contributed by atoms with van der Waals surface area (Å²) in [5.74, 6) is -0.365. The van der Waals surface area contributed by atoms with E-state index in [0.717, 1.165) is 38.5 Å². The maximum absolute atomic E-state index is 15.0. The van der Waals surface area contributed by atoms with Crippen LogP contribution in [-0.2, 0) is 35.1 Å². The van der Waals surface area contributed by atoms with Gasteiger partial charge in [0, 0.05) is 44.6 Å². The van der Waals surface area contributed by atoms with E-state index in [0.29, 0.717) is 31.5 Å². The zero-order chi connectivity index (χ0) is 35.3. The number of ether oxygens (including phenoxy) is 2. The predicted molar refractivity (Wildman–Crippen MR) is 174 cm³/mol. The molecule has 7 heterocycles. The molecule has 3 aliphatic heterocycles. The topological polar surface area (TPSA) is 131 Å². The summed E-state index contributed by atoms with van der Waals surface area (Å²) in [6, 6.07) is 1.27. The smallest absolute Gasteiger partial charge is 0.417 e. The van der Waals surface area contributed by atoms with Gasteiger partial charge in [-0.15, -0.1) is 0 Å². The fraction of sp³-hybridized carbons (Fsp3) is 0.562. The van der Waals surface area contributed by atoms with Crippen molar-refractivity contribution in [3.05, 3.63) is 23.4 Å². The minimum atomic E-state index is -4.76. The fourth-order valence-corrected chi connectivity index (χ4v) is 8.64. The molecule has 0 bridgehead atoms. The normalized spacial score (nSPS) is 23.4. The van der Waals surface area contributed by atoms with Crippen molar-refractivity contribution in [2.24, 2.45) is 14.1 Å². The summed E-state index contributed by atoms with van der Waals surface area (Å²) in [5.41, 5.74) is -0.507. The zero-order valence-electron chi connectivity index (χ0n) is 27.9. The summed E-state index contributed by atoms with van der Waals surface area (Å²) in [6.07, 6.45) is 0.447. The molecule has 3 saturated heterocycles. The maximum Gasteiger partial charge on any atom is 0.417 e. The quantitative estimate of drug-likeness (QED) is 0.164. The first-order valence-corrected chi connectivity index (χ1v) is 18.3. The second kappa shape index (κ2) is 11.5. The van der Waals surface area contributed by atoms with Gasteiger partial charge in [0.15, 0.2) is 11.9 Å². The van der Waals surface area contributed by atoms with E-state index in [2.05, 4.69) is 25.1 Å². The first-order valence-electron chi connectivity index (χ1n) is 16.5. The Balaban J connectivity index is 1.34. The molecule has 0 spiro atoms. The van der Waals surface area contributed by atoms with E-state index in [4.69, 9.17) is 13.7 Å². The lowest BCUT2D eigenvalue weighted by Gasteiger charge is -2.30. The molecule has 4 aromatic heterocycles. The van der Waals surface area contributed by atoms with E-state index in [1.807, 2.05) is 0 Å². The molecule has 3 aliphatic rings. The number of hydrogen-bond donors (Lipinski definition) is 0. The Labute approximate surface area is 284 Å². The van der Waals surface area contributed by atoms with Crippen LogP contribution >= 0.6 is 0 Å². The van der Waals surface area contributed by atoms with Crippen molar-refractivity contribution in [1.29, 1.82) is 0 Å². The van der Waals surface area contributed by atoms with Gasteiger partial charge in [0.05, 0.1) is 34.6 Å². The highest BCUT2D eigenvalue weighted by atomic mass is 32.2. The number of aromatic nitrogens is 7. The highest BCUT2D eigenvalue weighted by Crippen LogP contribution is 2.48. The van der Waals surface area contributed by atoms with Crippen molar-refractivity contribution in [2.45, 2.75) is 69.6 Å². The van der Waals surface area contributed by atoms with E-state index in [1.54, 1.807) is 18.8 Å². The molecule has 0 radical (unpaired) electrons. The highest BCUT2D eigenvalue weighted by molar-refractivity contribution is 7.86. The van der Waals surface area contributed by atoms with Crippen LogP contribution in [0.4, 0.5) is 17.6 Å². The predicted octanol–water partition coefficient (Wildman–Crippen LogP) is 5.19. The van der Waals surface area contributed by atoms with Crippen LogP contribution in [0.2, 0.25) is 0 Å². The largest absolute Gasteiger partial charge is 0.461 e. The Bertz CT molecular complexity index is 2280. The molecule has 3 atom stereocenters. The maximum atomic E-state index is 15.0. The third-order valence-electron chi connectivity index (χ3n) is 10.3. The second-order valence-electron chi connectivity index (χ2n) is 13.7. The van der Waals surface area contributed by atoms with Gasteiger partial charge in [-0.1, -0.05) is 0 Å². The average molecular weight is 721 g/mol. The molecular formula is C32H36F4N8O5S. The van der Waals surface area contributed by atoms with Crippen LogP contribution in [0, 0.1) is 6.92 Å². The fourth-order valence-electron chi connectivity index (χ4n) is 8.24. The van der Waals surface area contributed by atoms with Crippen LogP contribution in [0.25, 0.3) is 44.2 Å². The molecule has 1 unspecified atom stereocenters. The minimum Gasteiger partial charge on any atom is -0.461 e. The molecule has 13 nitrogen and oxygen atoms in total. The second-order valence-corrected chi connectivity index (χ2v) is 15.2. The van der Waals surface area contributed by atoms with Crippen molar-refractivity contribution >= 4 is 43.1 Å². The van der Waals surface area contributed by atoms with Crippen molar-refractivity contribution in [3.63, 3.8) is 0 Å². The molecule has 3 fully saturated rings. The molecule has 0 saturated carbocycles. The van der Waals surface area contributed by atoms with Crippen LogP contribution in [0.5, 0.6) is 11.9 Å². The molecular weight excluding hydrogens is 684 g/mol. The minimum absolute atomic E-state index is 0.0126. The number of halogens is 4. The number of alkyl halides is 4. The van der Waals surface area contributed by atoms with Crippen LogP contribution in [0.1, 0.15) is 55.9 Å². The molecule has 1 aromatic carbocycles. The van der Waals surface area contributed by atoms with Crippen LogP contribution in [0.15, 0.2) is 12.3 Å². The number of nitrogens with zero attached hydrogens (tertiary/aromatic N) is 8. The van der Waals surface area contributed by atoms with Gasteiger partial charge in [-0.25, -0.2) is 9.07 Å². The van der Waals surface area contributed by atoms with Gasteiger partial charge in [-0.05, 0) is 57.2 Å². The number of benzene rings is 1. The molecule has 50 heavy (non-hydrogen) atoms. The van der Waals surface area contributed by atoms with Gasteiger partial charge in [0.2, 0.25) is 0 Å². The number of fused-ring (bicyclic) bond motifs is 5. The molecule has 0 amide bonds. The molecule has 268 valence electrons. The van der Waals surface area contributed by atoms with Gasteiger partial charge in [-0.3, -0.25) is 9.58 Å². The molecule has 8 rings (SSSR count). The summed E-state index contributed by atoms with van der Waals surface area (Å²) in [4.78, 5) is 11.0. The summed E-state index contributed by atoms with van der Waals surface area (Å²) >= 11 is 0. The lowest BCUT2D eigenvalue weighted by atomic mass is 9.94. The highest BCUT2D eigenvalue weighted by Gasteiger charge is 2.49. The Morgan fingerprint density at radius 2 is 1.94 bits per heavy atom. The van der Waals surface area contributed by atoms with Gasteiger partial charge in [0.1, 0.15) is 29.4 Å². The van der Waals surface area contributed by atoms with E-state index in [9.17, 15) is 26.0 Å². The molecule has 5 aromatic rings. The SMILES string of the molecule is Cc1cc2c(cnn2C2CCCCO2)c(-c2nn(C)c3c4c(OS(C)(=O)=O)nc(OC[C@@]56CCCN5C[C@H](F)C6)nc4n(C)c23)c1C(F)(F)F. The lowest BCUT2D eigenvalue weighted by molar-refractivity contribution is -0.137. The Kier molecular flexibility index (Phi) is 7.62. The summed E-state index contributed by atoms with van der Waals surface area (Å²) in [7, 11) is -1.00. The average Bonchev–Trinajstić information content (AvgIpc) is 3.82. The first kappa shape index (κ1) is 33.1. The van der Waals surface area contributed by atoms with Gasteiger partial charge in [0.25, 0.3) is 5.88 Å². The van der Waals surface area contributed by atoms with E-state index < -0.39 is 39.8 Å². The molecule has 0 aliphatic carbocycles. The third kappa shape index (κ3) is 5.28. The van der Waals surface area contributed by atoms with Crippen LogP contribution in [-0.4, -0.2) is 91.7 Å². The monoisotopic (exact) mass is 720 g/mol. The van der Waals surface area contributed by atoms with Crippen molar-refractivity contribution in [1.82, 2.24) is 39.0 Å². The Hall–Kier alpha value is -4.03. The van der Waals surface area contributed by atoms with E-state index in [1.165, 1.54) is 28.4 Å². The molecule has 0 N–H and O–H groups in total. The summed E-state index contributed by atoms with van der Waals surface area (Å²) in [5, 5.41) is 9.45. The Morgan fingerprint density at radius 3 is 2.66 bits per heavy atom. The van der Waals surface area contributed by atoms with E-state index in [-0.39, 0.29) is 62.8 Å². The number of rotatable bonds is 7. The third-order valence-corrected chi connectivity index (χ3v) is 10.7. The number of hydrogen-bond acceptors (Lipinski definition) is 10. The van der Waals surface area contributed by atoms with Gasteiger partial charge >= 0.3 is 22.3 Å². The lowest BCUT2D eigenvalue weighted by Crippen LogP contribution is -2.43. The van der Waals surface area contributed by atoms with Crippen molar-refractivity contribution in [3.8, 4) is 23.1 Å². The first-order chi connectivity index (χ1) is 23.6. The van der Waals surface area contributed by atoms with Crippen molar-refractivity contribution in [2.75, 3.05) is 32.6 Å². The van der Waals surface area contributed by atoms with E-state index >= 15 is 0 Å². The standard InChI is InChI=1S/C32H36F4N8O5S/c1-17-12-20-19(14-37-44(20)21-8-5-6-11-47-21)22(24(17)32(34,35)36)25-27-26(42(3)40-25)23-28(41(27)2)38-30(39-29(23)49-50(4,45)46)48-16-31-9-7-10-43(31)15-18(33)13-31/h12,14,18,21H,5-11,13,15-16H2,1-4H3/t18-,21?,31+/m1/s1.